The van der Waals surface area contributed by atoms with Gasteiger partial charge in [0.25, 0.3) is 0 Å². The van der Waals surface area contributed by atoms with Crippen LogP contribution in [0.15, 0.2) is 244 Å². The number of nitrogens with zero attached hydrogens (tertiary/aromatic N) is 10. The van der Waals surface area contributed by atoms with Crippen LogP contribution in [0.2, 0.25) is 0 Å². The van der Waals surface area contributed by atoms with E-state index in [4.69, 9.17) is 10.5 Å². The van der Waals surface area contributed by atoms with Crippen LogP contribution in [0.5, 0.6) is 0 Å². The van der Waals surface area contributed by atoms with Crippen LogP contribution in [0.1, 0.15) is 55.3 Å². The molecule has 14 aromatic rings. The summed E-state index contributed by atoms with van der Waals surface area (Å²) in [4.78, 5) is 75.3. The van der Waals surface area contributed by atoms with Crippen LogP contribution in [0.3, 0.4) is 0 Å². The van der Waals surface area contributed by atoms with E-state index < -0.39 is 23.9 Å². The summed E-state index contributed by atoms with van der Waals surface area (Å²) in [5, 5.41) is 64.4. The largest absolute Gasteiger partial charge is 3.00 e. The molecule has 0 unspecified atom stereocenters. The molecule has 0 aliphatic rings. The van der Waals surface area contributed by atoms with Crippen LogP contribution in [-0.4, -0.2) is 63.7 Å². The van der Waals surface area contributed by atoms with Gasteiger partial charge in [-0.2, -0.15) is 10.5 Å². The van der Waals surface area contributed by atoms with E-state index in [0.717, 1.165) is 87.2 Å². The molecule has 6 aromatic carbocycles. The van der Waals surface area contributed by atoms with Crippen molar-refractivity contribution < 1.29 is 185 Å². The zero-order valence-electron chi connectivity index (χ0n) is 49.7. The minimum atomic E-state index is -1.20. The smallest absolute Gasteiger partial charge is 1.00 e. The van der Waals surface area contributed by atoms with Crippen molar-refractivity contribution in [3.8, 4) is 12.1 Å². The second-order valence-corrected chi connectivity index (χ2v) is 17.7. The summed E-state index contributed by atoms with van der Waals surface area (Å²) < 4.78 is 0. The zero-order chi connectivity index (χ0) is 61.2. The number of halogens is 2. The van der Waals surface area contributed by atoms with Crippen molar-refractivity contribution in [3.63, 3.8) is 0 Å². The number of aromatic nitrogens is 8. The van der Waals surface area contributed by atoms with Crippen molar-refractivity contribution in [2.45, 2.75) is 13.8 Å². The van der Waals surface area contributed by atoms with Crippen molar-refractivity contribution in [3.05, 3.63) is 266 Å². The molecule has 0 amide bonds. The fourth-order valence-corrected chi connectivity index (χ4v) is 8.09. The molecule has 94 heavy (non-hydrogen) atoms. The van der Waals surface area contributed by atoms with E-state index >= 15 is 0 Å². The maximum Gasteiger partial charge on any atom is 3.00 e. The van der Waals surface area contributed by atoms with Gasteiger partial charge in [-0.15, -0.1) is 0 Å². The Balaban J connectivity index is 0. The number of hydrogen-bond donors (Lipinski definition) is 0. The normalized spacial score (nSPS) is 9.02. The molecule has 0 atom stereocenters. The summed E-state index contributed by atoms with van der Waals surface area (Å²) in [5.41, 5.74) is 7.49. The zero-order valence-corrected chi connectivity index (χ0v) is 56.0. The van der Waals surface area contributed by atoms with E-state index in [9.17, 15) is 39.6 Å². The first kappa shape index (κ1) is 87.1. The Hall–Kier alpha value is -8.95. The maximum absolute atomic E-state index is 10.5. The Kier molecular flexibility index (Phi) is 42.0. The average molecular weight is 1580 g/mol. The number of carbonyl (C=O) groups excluding carboxylic acids is 4. The summed E-state index contributed by atoms with van der Waals surface area (Å²) in [5.74, 6) is -4.78. The van der Waals surface area contributed by atoms with Gasteiger partial charge in [0.15, 0.2) is 0 Å². The Morgan fingerprint density at radius 2 is 0.468 bits per heavy atom. The molecule has 0 spiro atoms. The number of benzene rings is 6. The number of carboxylic acid groups (broad SMARTS) is 4. The molecule has 26 heteroatoms. The van der Waals surface area contributed by atoms with Crippen molar-refractivity contribution in [2.24, 2.45) is 0 Å². The molecule has 22 nitrogen and oxygen atoms in total. The SMILES string of the molecule is CC#N.CC#N.O=C([O-])c1cnc2ccccc2c1.O=C([O-])c1cnc2ccccc2c1.O=C([O-])c1cnc2ccccc2c1.O=C([O-])c1cnc2ccccc2c1.[Cl-].[Cl-].[Eu+3].[Eu+3].[OH3+].[OH3+].[OH3+].[OH3+].c1cnc2c(c1)ccc1cccnc12.c1cnc2c(c1)ccc1cccnc12. The van der Waals surface area contributed by atoms with E-state index in [0.29, 0.717) is 0 Å². The van der Waals surface area contributed by atoms with Crippen LogP contribution >= 0.6 is 0 Å². The average Bonchev–Trinajstić information content (AvgIpc) is 0.814. The second-order valence-electron chi connectivity index (χ2n) is 17.7. The van der Waals surface area contributed by atoms with Gasteiger partial charge in [-0.1, -0.05) is 121 Å². The monoisotopic (exact) mass is 1580 g/mol. The molecule has 0 aliphatic carbocycles. The molecule has 0 aliphatic heterocycles. The van der Waals surface area contributed by atoms with Gasteiger partial charge in [-0.25, -0.2) is 0 Å². The van der Waals surface area contributed by atoms with E-state index in [1.807, 2.05) is 121 Å². The number of aromatic carboxylic acids is 4. The van der Waals surface area contributed by atoms with E-state index in [-0.39, 0.29) is 168 Å². The van der Waals surface area contributed by atoms with Gasteiger partial charge in [0.2, 0.25) is 0 Å². The summed E-state index contributed by atoms with van der Waals surface area (Å²) in [7, 11) is 0. The number of nitriles is 2. The summed E-state index contributed by atoms with van der Waals surface area (Å²) in [6.07, 6.45) is 12.4. The fraction of sp³-hybridized carbons (Fsp3) is 0.0294. The third-order valence-electron chi connectivity index (χ3n) is 12.0. The number of rotatable bonds is 4. The van der Waals surface area contributed by atoms with Crippen LogP contribution in [-0.2, 0) is 21.9 Å². The first-order chi connectivity index (χ1) is 41.8. The molecule has 0 saturated carbocycles. The molecule has 8 aromatic heterocycles. The number of carboxylic acids is 4. The Morgan fingerprint density at radius 3 is 0.649 bits per heavy atom. The van der Waals surface area contributed by atoms with Crippen molar-refractivity contribution in [1.29, 1.82) is 10.5 Å². The number of fused-ring (bicyclic) bond motifs is 10. The third-order valence-corrected chi connectivity index (χ3v) is 12.0. The summed E-state index contributed by atoms with van der Waals surface area (Å²) in [6, 6.07) is 63.3. The van der Waals surface area contributed by atoms with Crippen molar-refractivity contribution >= 4 is 111 Å². The Morgan fingerprint density at radius 1 is 0.298 bits per heavy atom. The van der Waals surface area contributed by atoms with Crippen molar-refractivity contribution in [2.75, 3.05) is 0 Å². The predicted molar refractivity (Wildman–Crippen MR) is 340 cm³/mol. The van der Waals surface area contributed by atoms with Gasteiger partial charge in [0.05, 0.1) is 80.1 Å². The van der Waals surface area contributed by atoms with Crippen LogP contribution in [0.4, 0.5) is 0 Å². The molecular weight excluding hydrogens is 1520 g/mol. The molecule has 476 valence electrons. The minimum absolute atomic E-state index is 0. The van der Waals surface area contributed by atoms with E-state index in [1.54, 1.807) is 61.2 Å². The summed E-state index contributed by atoms with van der Waals surface area (Å²) in [6.45, 7) is 2.86. The summed E-state index contributed by atoms with van der Waals surface area (Å²) >= 11 is 0. The molecule has 12 N–H and O–H groups in total. The van der Waals surface area contributed by atoms with Gasteiger partial charge >= 0.3 is 98.8 Å². The van der Waals surface area contributed by atoms with Crippen LogP contribution in [0.25, 0.3) is 87.2 Å². The predicted octanol–water partition coefficient (Wildman–Crippen LogP) is -0.661. The first-order valence-corrected chi connectivity index (χ1v) is 25.9. The molecule has 0 saturated heterocycles. The number of carbonyl (C=O) groups is 4. The van der Waals surface area contributed by atoms with Gasteiger partial charge in [0, 0.05) is 129 Å². The quantitative estimate of drug-likeness (QED) is 0.156. The number of hydrogen-bond acceptors (Lipinski definition) is 18. The number of para-hydroxylation sites is 4. The molecule has 14 rings (SSSR count). The van der Waals surface area contributed by atoms with Crippen LogP contribution < -0.4 is 45.2 Å². The second kappa shape index (κ2) is 45.4. The standard InChI is InChI=1S/2C12H8N2.4C10H7NO2.2C2H3N.2ClH.2Eu.4H2O/c2*1-3-9-5-6-10-4-2-8-14-12(10)11(9)13-7-1;4*12-10(13)8-5-7-3-1-2-4-9(7)11-6-8;2*1-2-3;;;;;;;;/h2*1-8H;4*1-6H,(H,12,13);2*1H3;2*1H;;;4*1H2/q;;;;;;;;;;2*+3;;;;/p-2. The van der Waals surface area contributed by atoms with Gasteiger partial charge in [-0.05, 0) is 72.8 Å². The maximum atomic E-state index is 10.5. The van der Waals surface area contributed by atoms with Gasteiger partial charge in [-0.3, -0.25) is 39.9 Å². The molecular formula is C68H58Cl2Eu2N10O12+4. The van der Waals surface area contributed by atoms with Crippen molar-refractivity contribution in [1.82, 2.24) is 39.9 Å². The minimum Gasteiger partial charge on any atom is -1.00 e. The topological polar surface area (TPSA) is 443 Å². The fourth-order valence-electron chi connectivity index (χ4n) is 8.09. The molecule has 0 radical (unpaired) electrons. The Labute approximate surface area is 631 Å². The van der Waals surface area contributed by atoms with Gasteiger partial charge < -0.3 is 86.3 Å². The first-order valence-electron chi connectivity index (χ1n) is 25.9. The molecule has 0 fully saturated rings. The molecule has 8 heterocycles. The van der Waals surface area contributed by atoms with Crippen LogP contribution in [0, 0.1) is 121 Å². The molecule has 0 bridgehead atoms. The van der Waals surface area contributed by atoms with E-state index in [1.165, 1.54) is 38.6 Å². The third kappa shape index (κ3) is 25.2. The number of pyridine rings is 8. The van der Waals surface area contributed by atoms with Gasteiger partial charge in [0.1, 0.15) is 0 Å². The Bertz CT molecular complexity index is 4230. The van der Waals surface area contributed by atoms with E-state index in [2.05, 4.69) is 88.4 Å².